The van der Waals surface area contributed by atoms with Crippen LogP contribution in [0.5, 0.6) is 5.75 Å². The summed E-state index contributed by atoms with van der Waals surface area (Å²) in [6.07, 6.45) is 1.93. The topological polar surface area (TPSA) is 81.4 Å². The number of rotatable bonds is 8. The summed E-state index contributed by atoms with van der Waals surface area (Å²) < 4.78 is 13.2. The van der Waals surface area contributed by atoms with E-state index in [2.05, 4.69) is 12.2 Å². The molecule has 8 heteroatoms. The number of ether oxygens (including phenoxy) is 1. The van der Waals surface area contributed by atoms with Gasteiger partial charge < -0.3 is 9.15 Å². The van der Waals surface area contributed by atoms with E-state index in [-0.39, 0.29) is 16.4 Å². The molecule has 5 rings (SSSR count). The van der Waals surface area contributed by atoms with E-state index in [1.165, 1.54) is 0 Å². The number of thioether (sulfide) groups is 1. The van der Waals surface area contributed by atoms with Crippen molar-refractivity contribution in [3.8, 4) is 17.2 Å². The first-order valence-electron chi connectivity index (χ1n) is 10.8. The normalized spacial score (nSPS) is 15.8. The molecule has 0 saturated carbocycles. The number of fused-ring (bicyclic) bond motifs is 1. The van der Waals surface area contributed by atoms with Gasteiger partial charge in [-0.05, 0) is 41.6 Å². The number of carbonyl (C=O) groups excluding carboxylic acids is 2. The van der Waals surface area contributed by atoms with Crippen molar-refractivity contribution in [2.24, 2.45) is 0 Å². The summed E-state index contributed by atoms with van der Waals surface area (Å²) in [4.78, 5) is 28.2. The Morgan fingerprint density at radius 1 is 1.12 bits per heavy atom. The van der Waals surface area contributed by atoms with Gasteiger partial charge in [0.2, 0.25) is 11.8 Å². The van der Waals surface area contributed by atoms with Crippen LogP contribution in [0.4, 0.5) is 4.79 Å². The van der Waals surface area contributed by atoms with Crippen molar-refractivity contribution in [2.75, 3.05) is 6.61 Å². The number of aryl methyl sites for hydroxylation is 1. The van der Waals surface area contributed by atoms with E-state index in [4.69, 9.17) is 14.1 Å². The Morgan fingerprint density at radius 2 is 1.97 bits per heavy atom. The Kier molecular flexibility index (Phi) is 6.20. The van der Waals surface area contributed by atoms with Crippen molar-refractivity contribution in [3.05, 3.63) is 70.9 Å². The Hall–Kier alpha value is -3.10. The third-order valence-corrected chi connectivity index (χ3v) is 7.52. The second kappa shape index (κ2) is 9.41. The van der Waals surface area contributed by atoms with Gasteiger partial charge in [-0.25, -0.2) is 4.98 Å². The van der Waals surface area contributed by atoms with Gasteiger partial charge in [0.05, 0.1) is 17.6 Å². The Balaban J connectivity index is 1.29. The number of oxazole rings is 1. The molecule has 1 unspecified atom stereocenters. The SMILES string of the molecule is CCc1oc(-c2ccccc2)nc1CCOc1ccc(CC2SC(=O)NC2=O)c2sccc12. The predicted octanol–water partition coefficient (Wildman–Crippen LogP) is 5.63. The van der Waals surface area contributed by atoms with Gasteiger partial charge in [0.15, 0.2) is 0 Å². The first kappa shape index (κ1) is 21.7. The molecular weight excluding hydrogens is 456 g/mol. The lowest BCUT2D eigenvalue weighted by atomic mass is 10.1. The van der Waals surface area contributed by atoms with Gasteiger partial charge in [-0.3, -0.25) is 14.9 Å². The minimum absolute atomic E-state index is 0.218. The molecular formula is C25H22N2O4S2. The molecule has 0 bridgehead atoms. The summed E-state index contributed by atoms with van der Waals surface area (Å²) >= 11 is 2.67. The number of nitrogens with zero attached hydrogens (tertiary/aromatic N) is 1. The minimum atomic E-state index is -0.381. The lowest BCUT2D eigenvalue weighted by Gasteiger charge is -2.11. The molecule has 0 radical (unpaired) electrons. The average molecular weight is 479 g/mol. The number of imide groups is 1. The fourth-order valence-electron chi connectivity index (χ4n) is 3.92. The van der Waals surface area contributed by atoms with Crippen LogP contribution in [-0.4, -0.2) is 28.0 Å². The van der Waals surface area contributed by atoms with E-state index in [0.717, 1.165) is 56.6 Å². The van der Waals surface area contributed by atoms with Gasteiger partial charge in [0.25, 0.3) is 5.24 Å². The maximum Gasteiger partial charge on any atom is 0.286 e. The number of amides is 2. The van der Waals surface area contributed by atoms with Crippen LogP contribution in [0.3, 0.4) is 0 Å². The molecule has 1 aliphatic rings. The molecule has 3 heterocycles. The Labute approximate surface area is 199 Å². The molecule has 0 aliphatic carbocycles. The second-order valence-electron chi connectivity index (χ2n) is 7.68. The van der Waals surface area contributed by atoms with Crippen LogP contribution in [0.15, 0.2) is 58.3 Å². The smallest absolute Gasteiger partial charge is 0.286 e. The third kappa shape index (κ3) is 4.54. The first-order chi connectivity index (χ1) is 16.1. The molecule has 4 aromatic rings. The first-order valence-corrected chi connectivity index (χ1v) is 12.6. The molecule has 1 saturated heterocycles. The Morgan fingerprint density at radius 3 is 2.73 bits per heavy atom. The average Bonchev–Trinajstić information content (AvgIpc) is 3.54. The highest BCUT2D eigenvalue weighted by atomic mass is 32.2. The summed E-state index contributed by atoms with van der Waals surface area (Å²) in [5.74, 6) is 2.11. The fraction of sp³-hybridized carbons (Fsp3) is 0.240. The maximum absolute atomic E-state index is 12.0. The predicted molar refractivity (Wildman–Crippen MR) is 131 cm³/mol. The van der Waals surface area contributed by atoms with Crippen molar-refractivity contribution in [1.82, 2.24) is 10.3 Å². The highest BCUT2D eigenvalue weighted by molar-refractivity contribution is 8.15. The van der Waals surface area contributed by atoms with Crippen molar-refractivity contribution in [2.45, 2.75) is 31.4 Å². The highest BCUT2D eigenvalue weighted by Crippen LogP contribution is 2.35. The van der Waals surface area contributed by atoms with Gasteiger partial charge in [0.1, 0.15) is 11.5 Å². The zero-order valence-corrected chi connectivity index (χ0v) is 19.6. The third-order valence-electron chi connectivity index (χ3n) is 5.55. The molecule has 2 aromatic carbocycles. The second-order valence-corrected chi connectivity index (χ2v) is 9.77. The van der Waals surface area contributed by atoms with Crippen LogP contribution < -0.4 is 10.1 Å². The van der Waals surface area contributed by atoms with Gasteiger partial charge in [0, 0.05) is 28.5 Å². The van der Waals surface area contributed by atoms with Crippen molar-refractivity contribution >= 4 is 44.3 Å². The molecule has 1 fully saturated rings. The van der Waals surface area contributed by atoms with E-state index in [9.17, 15) is 9.59 Å². The fourth-order valence-corrected chi connectivity index (χ4v) is 5.71. The summed E-state index contributed by atoms with van der Waals surface area (Å²) in [5, 5.41) is 4.74. The maximum atomic E-state index is 12.0. The molecule has 6 nitrogen and oxygen atoms in total. The molecule has 168 valence electrons. The van der Waals surface area contributed by atoms with Crippen LogP contribution in [-0.2, 0) is 24.1 Å². The number of hydrogen-bond acceptors (Lipinski definition) is 7. The molecule has 1 atom stereocenters. The van der Waals surface area contributed by atoms with Gasteiger partial charge in [-0.2, -0.15) is 0 Å². The molecule has 1 N–H and O–H groups in total. The highest BCUT2D eigenvalue weighted by Gasteiger charge is 2.32. The monoisotopic (exact) mass is 478 g/mol. The number of thiophene rings is 1. The van der Waals surface area contributed by atoms with E-state index >= 15 is 0 Å². The lowest BCUT2D eigenvalue weighted by molar-refractivity contribution is -0.118. The van der Waals surface area contributed by atoms with Gasteiger partial charge >= 0.3 is 0 Å². The standard InChI is InChI=1S/C25H22N2O4S2/c1-2-19-18(26-24(31-19)15-6-4-3-5-7-15)10-12-30-20-9-8-16(22-17(20)11-13-32-22)14-21-23(28)27-25(29)33-21/h3-9,11,13,21H,2,10,12,14H2,1H3,(H,27,28,29). The molecule has 2 aromatic heterocycles. The van der Waals surface area contributed by atoms with Gasteiger partial charge in [-0.1, -0.05) is 43.0 Å². The number of benzene rings is 2. The lowest BCUT2D eigenvalue weighted by Crippen LogP contribution is -2.25. The number of aromatic nitrogens is 1. The minimum Gasteiger partial charge on any atom is -0.493 e. The van der Waals surface area contributed by atoms with Crippen LogP contribution in [0, 0.1) is 0 Å². The Bertz CT molecular complexity index is 1310. The van der Waals surface area contributed by atoms with E-state index in [0.29, 0.717) is 25.3 Å². The summed E-state index contributed by atoms with van der Waals surface area (Å²) in [6, 6.07) is 15.9. The number of nitrogens with one attached hydrogen (secondary N) is 1. The largest absolute Gasteiger partial charge is 0.493 e. The van der Waals surface area contributed by atoms with Gasteiger partial charge in [-0.15, -0.1) is 11.3 Å². The summed E-state index contributed by atoms with van der Waals surface area (Å²) in [5.41, 5.74) is 2.93. The zero-order chi connectivity index (χ0) is 22.8. The van der Waals surface area contributed by atoms with Crippen LogP contribution in [0.1, 0.15) is 23.9 Å². The molecule has 0 spiro atoms. The molecule has 1 aliphatic heterocycles. The summed E-state index contributed by atoms with van der Waals surface area (Å²) in [6.45, 7) is 2.54. The zero-order valence-electron chi connectivity index (χ0n) is 18.0. The summed E-state index contributed by atoms with van der Waals surface area (Å²) in [7, 11) is 0. The van der Waals surface area contributed by atoms with Crippen LogP contribution in [0.25, 0.3) is 21.5 Å². The van der Waals surface area contributed by atoms with Crippen molar-refractivity contribution < 1.29 is 18.7 Å². The van der Waals surface area contributed by atoms with Crippen molar-refractivity contribution in [3.63, 3.8) is 0 Å². The van der Waals surface area contributed by atoms with Crippen LogP contribution in [0.2, 0.25) is 0 Å². The molecule has 33 heavy (non-hydrogen) atoms. The number of carbonyl (C=O) groups is 2. The van der Waals surface area contributed by atoms with E-state index in [1.807, 2.05) is 53.9 Å². The van der Waals surface area contributed by atoms with E-state index < -0.39 is 0 Å². The van der Waals surface area contributed by atoms with E-state index in [1.54, 1.807) is 11.3 Å². The van der Waals surface area contributed by atoms with Crippen molar-refractivity contribution in [1.29, 1.82) is 0 Å². The van der Waals surface area contributed by atoms with Crippen LogP contribution >= 0.6 is 23.1 Å². The quantitative estimate of drug-likeness (QED) is 0.353. The number of hydrogen-bond donors (Lipinski definition) is 1. The molecule has 2 amide bonds.